The molecule has 1 N–H and O–H groups in total. The Labute approximate surface area is 185 Å². The number of rotatable bonds is 9. The molecular formula is C27H31NO3. The molecule has 4 nitrogen and oxygen atoms in total. The summed E-state index contributed by atoms with van der Waals surface area (Å²) in [6.45, 7) is 4.35. The predicted molar refractivity (Wildman–Crippen MR) is 122 cm³/mol. The average Bonchev–Trinajstić information content (AvgIpc) is 3.15. The quantitative estimate of drug-likeness (QED) is 0.560. The summed E-state index contributed by atoms with van der Waals surface area (Å²) in [4.78, 5) is 2.30. The van der Waals surface area contributed by atoms with Crippen LogP contribution < -0.4 is 0 Å². The Morgan fingerprint density at radius 2 is 1.26 bits per heavy atom. The van der Waals surface area contributed by atoms with Crippen LogP contribution in [0, 0.1) is 0 Å². The summed E-state index contributed by atoms with van der Waals surface area (Å²) in [5.41, 5.74) is 3.48. The summed E-state index contributed by atoms with van der Waals surface area (Å²) < 4.78 is 12.8. The van der Waals surface area contributed by atoms with E-state index < -0.39 is 6.10 Å². The van der Waals surface area contributed by atoms with Crippen LogP contribution in [0.2, 0.25) is 0 Å². The zero-order valence-electron chi connectivity index (χ0n) is 18.0. The fraction of sp³-hybridized carbons (Fsp3) is 0.333. The Bertz CT molecular complexity index is 902. The van der Waals surface area contributed by atoms with Gasteiger partial charge >= 0.3 is 0 Å². The minimum atomic E-state index is -0.533. The lowest BCUT2D eigenvalue weighted by atomic mass is 10.0. The van der Waals surface area contributed by atoms with E-state index in [-0.39, 0.29) is 18.2 Å². The summed E-state index contributed by atoms with van der Waals surface area (Å²) in [6.07, 6.45) is -0.866. The van der Waals surface area contributed by atoms with E-state index in [0.717, 1.165) is 24.2 Å². The minimum absolute atomic E-state index is 0.118. The molecule has 1 heterocycles. The van der Waals surface area contributed by atoms with Gasteiger partial charge in [0.25, 0.3) is 0 Å². The monoisotopic (exact) mass is 417 g/mol. The molecule has 0 unspecified atom stereocenters. The molecule has 1 saturated heterocycles. The van der Waals surface area contributed by atoms with Crippen molar-refractivity contribution >= 4 is 0 Å². The van der Waals surface area contributed by atoms with Crippen LogP contribution in [-0.4, -0.2) is 40.9 Å². The number of benzene rings is 3. The van der Waals surface area contributed by atoms with Crippen molar-refractivity contribution in [1.29, 1.82) is 0 Å². The lowest BCUT2D eigenvalue weighted by Crippen LogP contribution is -2.45. The second-order valence-electron chi connectivity index (χ2n) is 8.24. The predicted octanol–water partition coefficient (Wildman–Crippen LogP) is 4.42. The largest absolute Gasteiger partial charge is 0.392 e. The van der Waals surface area contributed by atoms with Crippen LogP contribution in [0.5, 0.6) is 0 Å². The van der Waals surface area contributed by atoms with Crippen LogP contribution in [0.4, 0.5) is 0 Å². The molecule has 0 radical (unpaired) electrons. The molecule has 0 bridgehead atoms. The van der Waals surface area contributed by atoms with Gasteiger partial charge in [-0.25, -0.2) is 0 Å². The van der Waals surface area contributed by atoms with Gasteiger partial charge in [-0.1, -0.05) is 91.0 Å². The molecule has 3 aromatic carbocycles. The number of likely N-dealkylation sites (tertiary alicyclic amines) is 1. The van der Waals surface area contributed by atoms with Gasteiger partial charge in [0.1, 0.15) is 6.10 Å². The number of aliphatic hydroxyl groups excluding tert-OH is 1. The van der Waals surface area contributed by atoms with Crippen molar-refractivity contribution in [1.82, 2.24) is 4.90 Å². The Kier molecular flexibility index (Phi) is 7.49. The molecule has 0 aliphatic carbocycles. The first-order valence-corrected chi connectivity index (χ1v) is 11.0. The number of ether oxygens (including phenoxy) is 2. The molecule has 0 spiro atoms. The molecule has 0 saturated carbocycles. The number of nitrogens with zero attached hydrogens (tertiary/aromatic N) is 1. The van der Waals surface area contributed by atoms with Gasteiger partial charge < -0.3 is 14.6 Å². The smallest absolute Gasteiger partial charge is 0.103 e. The topological polar surface area (TPSA) is 41.9 Å². The van der Waals surface area contributed by atoms with Crippen LogP contribution in [0.15, 0.2) is 91.0 Å². The molecule has 4 rings (SSSR count). The van der Waals surface area contributed by atoms with Gasteiger partial charge in [-0.2, -0.15) is 0 Å². The molecule has 4 atom stereocenters. The standard InChI is InChI=1S/C27H31NO3/c1-21(29)26-27(31-20-24-15-9-4-10-16-24)25(30-19-23-13-7-3-8-14-23)18-28(26)17-22-11-5-2-6-12-22/h2-16,21,25-27,29H,17-20H2,1H3/t21-,25-,26+,27+/m1/s1. The summed E-state index contributed by atoms with van der Waals surface area (Å²) in [5.74, 6) is 0. The van der Waals surface area contributed by atoms with Crippen molar-refractivity contribution in [2.45, 2.75) is 51.0 Å². The highest BCUT2D eigenvalue weighted by atomic mass is 16.5. The lowest BCUT2D eigenvalue weighted by molar-refractivity contribution is -0.0857. The SMILES string of the molecule is C[C@@H](O)[C@H]1[C@@H](OCc2ccccc2)[C@H](OCc2ccccc2)CN1Cc1ccccc1. The summed E-state index contributed by atoms with van der Waals surface area (Å²) in [5, 5.41) is 10.7. The first kappa shape index (κ1) is 21.7. The summed E-state index contributed by atoms with van der Waals surface area (Å²) in [7, 11) is 0. The molecule has 162 valence electrons. The fourth-order valence-corrected chi connectivity index (χ4v) is 4.35. The van der Waals surface area contributed by atoms with Gasteiger partial charge in [0, 0.05) is 13.1 Å². The Morgan fingerprint density at radius 3 is 1.77 bits per heavy atom. The Morgan fingerprint density at radius 1 is 0.774 bits per heavy atom. The summed E-state index contributed by atoms with van der Waals surface area (Å²) in [6, 6.07) is 30.6. The van der Waals surface area contributed by atoms with Gasteiger partial charge in [-0.05, 0) is 23.6 Å². The molecule has 1 aliphatic heterocycles. The third-order valence-corrected chi connectivity index (χ3v) is 5.85. The first-order valence-electron chi connectivity index (χ1n) is 11.0. The molecule has 3 aromatic rings. The van der Waals surface area contributed by atoms with E-state index in [0.29, 0.717) is 13.2 Å². The van der Waals surface area contributed by atoms with E-state index in [1.54, 1.807) is 0 Å². The molecule has 0 aromatic heterocycles. The third kappa shape index (κ3) is 5.81. The average molecular weight is 418 g/mol. The molecular weight excluding hydrogens is 386 g/mol. The fourth-order valence-electron chi connectivity index (χ4n) is 4.35. The van der Waals surface area contributed by atoms with Crippen molar-refractivity contribution in [2.24, 2.45) is 0 Å². The molecule has 31 heavy (non-hydrogen) atoms. The zero-order valence-corrected chi connectivity index (χ0v) is 18.0. The van der Waals surface area contributed by atoms with Crippen LogP contribution in [-0.2, 0) is 29.2 Å². The lowest BCUT2D eigenvalue weighted by Gasteiger charge is -2.30. The van der Waals surface area contributed by atoms with E-state index in [2.05, 4.69) is 53.4 Å². The zero-order chi connectivity index (χ0) is 21.5. The highest BCUT2D eigenvalue weighted by Crippen LogP contribution is 2.29. The molecule has 1 aliphatic rings. The third-order valence-electron chi connectivity index (χ3n) is 5.85. The maximum absolute atomic E-state index is 10.7. The van der Waals surface area contributed by atoms with Gasteiger partial charge in [0.2, 0.25) is 0 Å². The van der Waals surface area contributed by atoms with E-state index in [1.165, 1.54) is 5.56 Å². The van der Waals surface area contributed by atoms with Crippen molar-refractivity contribution in [3.63, 3.8) is 0 Å². The summed E-state index contributed by atoms with van der Waals surface area (Å²) >= 11 is 0. The van der Waals surface area contributed by atoms with E-state index in [4.69, 9.17) is 9.47 Å². The maximum Gasteiger partial charge on any atom is 0.103 e. The first-order chi connectivity index (χ1) is 15.2. The van der Waals surface area contributed by atoms with Crippen LogP contribution in [0.3, 0.4) is 0 Å². The number of hydrogen-bond donors (Lipinski definition) is 1. The number of hydrogen-bond acceptors (Lipinski definition) is 4. The normalized spacial score (nSPS) is 22.5. The van der Waals surface area contributed by atoms with E-state index >= 15 is 0 Å². The van der Waals surface area contributed by atoms with Crippen molar-refractivity contribution in [3.05, 3.63) is 108 Å². The van der Waals surface area contributed by atoms with Gasteiger partial charge in [-0.15, -0.1) is 0 Å². The maximum atomic E-state index is 10.7. The second-order valence-corrected chi connectivity index (χ2v) is 8.24. The van der Waals surface area contributed by atoms with Crippen LogP contribution >= 0.6 is 0 Å². The molecule has 1 fully saturated rings. The van der Waals surface area contributed by atoms with E-state index in [9.17, 15) is 5.11 Å². The Hall–Kier alpha value is -2.50. The van der Waals surface area contributed by atoms with Gasteiger partial charge in [0.15, 0.2) is 0 Å². The highest BCUT2D eigenvalue weighted by Gasteiger charge is 2.45. The van der Waals surface area contributed by atoms with Crippen LogP contribution in [0.25, 0.3) is 0 Å². The molecule has 4 heteroatoms. The van der Waals surface area contributed by atoms with E-state index in [1.807, 2.05) is 49.4 Å². The highest BCUT2D eigenvalue weighted by molar-refractivity contribution is 5.17. The van der Waals surface area contributed by atoms with Crippen molar-refractivity contribution in [2.75, 3.05) is 6.54 Å². The Balaban J connectivity index is 1.51. The molecule has 0 amide bonds. The minimum Gasteiger partial charge on any atom is -0.392 e. The van der Waals surface area contributed by atoms with Crippen molar-refractivity contribution < 1.29 is 14.6 Å². The van der Waals surface area contributed by atoms with Crippen LogP contribution in [0.1, 0.15) is 23.6 Å². The number of aliphatic hydroxyl groups is 1. The van der Waals surface area contributed by atoms with Gasteiger partial charge in [0.05, 0.1) is 31.5 Å². The van der Waals surface area contributed by atoms with Gasteiger partial charge in [-0.3, -0.25) is 4.90 Å². The van der Waals surface area contributed by atoms with Crippen molar-refractivity contribution in [3.8, 4) is 0 Å². The second kappa shape index (κ2) is 10.7.